The number of rotatable bonds is 2. The zero-order valence-corrected chi connectivity index (χ0v) is 26.4. The van der Waals surface area contributed by atoms with Crippen molar-refractivity contribution in [1.82, 2.24) is 14.5 Å². The molecule has 0 fully saturated rings. The summed E-state index contributed by atoms with van der Waals surface area (Å²) in [5.41, 5.74) is 15.7. The number of aromatic nitrogens is 3. The third-order valence-electron chi connectivity index (χ3n) is 10.8. The molecule has 218 valence electrons. The summed E-state index contributed by atoms with van der Waals surface area (Å²) in [5.74, 6) is 0.845. The van der Waals surface area contributed by atoms with Crippen molar-refractivity contribution < 1.29 is 0 Å². The predicted molar refractivity (Wildman–Crippen MR) is 180 cm³/mol. The molecule has 0 bridgehead atoms. The third kappa shape index (κ3) is 3.12. The topological polar surface area (TPSA) is 57.7 Å². The molecule has 0 aliphatic carbocycles. The van der Waals surface area contributed by atoms with Gasteiger partial charge in [-0.05, 0) is 81.9 Å². The Labute approximate surface area is 263 Å². The van der Waals surface area contributed by atoms with Gasteiger partial charge in [0.15, 0.2) is 5.65 Å². The predicted octanol–water partition coefficient (Wildman–Crippen LogP) is 9.35. The van der Waals surface area contributed by atoms with Crippen LogP contribution in [0.15, 0.2) is 91.1 Å². The quantitative estimate of drug-likeness (QED) is 0.204. The van der Waals surface area contributed by atoms with Crippen LogP contribution in [0.25, 0.3) is 28.2 Å². The van der Waals surface area contributed by atoms with Crippen LogP contribution in [0.4, 0.5) is 17.1 Å². The van der Waals surface area contributed by atoms with E-state index in [4.69, 9.17) is 9.97 Å². The van der Waals surface area contributed by atoms with E-state index in [2.05, 4.69) is 106 Å². The van der Waals surface area contributed by atoms with Crippen molar-refractivity contribution in [2.45, 2.75) is 57.8 Å². The lowest BCUT2D eigenvalue weighted by Gasteiger charge is -2.55. The van der Waals surface area contributed by atoms with E-state index in [1.165, 1.54) is 50.4 Å². The van der Waals surface area contributed by atoms with Gasteiger partial charge in [-0.1, -0.05) is 77.9 Å². The summed E-state index contributed by atoms with van der Waals surface area (Å²) in [6, 6.07) is 32.4. The van der Waals surface area contributed by atoms with Crippen molar-refractivity contribution in [1.29, 1.82) is 5.26 Å². The minimum absolute atomic E-state index is 0.118. The van der Waals surface area contributed by atoms with Gasteiger partial charge >= 0.3 is 0 Å². The number of imidazole rings is 1. The smallest absolute Gasteiger partial charge is 0.164 e. The van der Waals surface area contributed by atoms with Gasteiger partial charge in [-0.2, -0.15) is 5.26 Å². The van der Waals surface area contributed by atoms with Crippen molar-refractivity contribution in [2.24, 2.45) is 0 Å². The number of nitriles is 1. The standard InChI is InChI=1S/C40H33N5/c1-38(2)26-10-7-12-28-33(26)45-34-27(38)11-8-13-29(34)40(5,6)31-21-24(20-30(35(31)45)39(28,3)4)36-43-32-14-9-19-42-37(32)44(36)25-17-15-23(22-41)16-18-25/h7-21H,1-6H3. The number of para-hydroxylation sites is 2. The molecule has 0 unspecified atom stereocenters. The molecule has 0 spiro atoms. The number of pyridine rings is 1. The van der Waals surface area contributed by atoms with E-state index in [9.17, 15) is 5.26 Å². The number of nitrogens with zero attached hydrogens (tertiary/aromatic N) is 5. The summed E-state index contributed by atoms with van der Waals surface area (Å²) in [7, 11) is 0. The average Bonchev–Trinajstić information content (AvgIpc) is 3.43. The molecule has 3 aliphatic heterocycles. The van der Waals surface area contributed by atoms with Gasteiger partial charge in [-0.15, -0.1) is 0 Å². The first kappa shape index (κ1) is 26.2. The maximum atomic E-state index is 9.46. The van der Waals surface area contributed by atoms with Crippen molar-refractivity contribution in [2.75, 3.05) is 4.90 Å². The summed E-state index contributed by atoms with van der Waals surface area (Å²) in [5, 5.41) is 9.46. The Morgan fingerprint density at radius 1 is 0.622 bits per heavy atom. The maximum Gasteiger partial charge on any atom is 0.164 e. The average molecular weight is 584 g/mol. The van der Waals surface area contributed by atoms with Gasteiger partial charge in [0.1, 0.15) is 11.3 Å². The highest BCUT2D eigenvalue weighted by Gasteiger charge is 2.51. The number of hydrogen-bond acceptors (Lipinski definition) is 4. The van der Waals surface area contributed by atoms with Crippen LogP contribution in [0.1, 0.15) is 80.5 Å². The van der Waals surface area contributed by atoms with Crippen LogP contribution in [-0.4, -0.2) is 14.5 Å². The van der Waals surface area contributed by atoms with Crippen LogP contribution in [0.2, 0.25) is 0 Å². The van der Waals surface area contributed by atoms with Gasteiger partial charge in [-0.3, -0.25) is 4.57 Å². The van der Waals surface area contributed by atoms with Gasteiger partial charge in [0, 0.05) is 33.7 Å². The highest BCUT2D eigenvalue weighted by molar-refractivity contribution is 5.99. The minimum atomic E-state index is -0.249. The Bertz CT molecular complexity index is 2220. The Hall–Kier alpha value is -5.21. The summed E-state index contributed by atoms with van der Waals surface area (Å²) in [6.07, 6.45) is 1.82. The van der Waals surface area contributed by atoms with E-state index in [0.29, 0.717) is 5.56 Å². The molecule has 0 radical (unpaired) electrons. The number of anilines is 3. The first-order valence-corrected chi connectivity index (χ1v) is 15.7. The summed E-state index contributed by atoms with van der Waals surface area (Å²) >= 11 is 0. The lowest BCUT2D eigenvalue weighted by Crippen LogP contribution is -2.43. The molecule has 5 heteroatoms. The van der Waals surface area contributed by atoms with Gasteiger partial charge in [0.05, 0.1) is 28.7 Å². The molecule has 6 aromatic rings. The molecular weight excluding hydrogens is 550 g/mol. The first-order valence-electron chi connectivity index (χ1n) is 15.7. The van der Waals surface area contributed by atoms with Gasteiger partial charge in [0.2, 0.25) is 0 Å². The van der Waals surface area contributed by atoms with Crippen LogP contribution >= 0.6 is 0 Å². The molecule has 0 N–H and O–H groups in total. The van der Waals surface area contributed by atoms with Crippen molar-refractivity contribution in [3.8, 4) is 23.1 Å². The highest BCUT2D eigenvalue weighted by Crippen LogP contribution is 2.66. The minimum Gasteiger partial charge on any atom is -0.309 e. The van der Waals surface area contributed by atoms with Crippen molar-refractivity contribution in [3.05, 3.63) is 130 Å². The van der Waals surface area contributed by atoms with Crippen LogP contribution < -0.4 is 4.90 Å². The third-order valence-corrected chi connectivity index (χ3v) is 10.8. The first-order chi connectivity index (χ1) is 21.5. The Kier molecular flexibility index (Phi) is 4.82. The van der Waals surface area contributed by atoms with Crippen molar-refractivity contribution in [3.63, 3.8) is 0 Å². The molecular formula is C40H33N5. The van der Waals surface area contributed by atoms with Crippen molar-refractivity contribution >= 4 is 28.2 Å². The van der Waals surface area contributed by atoms with E-state index in [1.807, 2.05) is 42.6 Å². The van der Waals surface area contributed by atoms with E-state index >= 15 is 0 Å². The fraction of sp³-hybridized carbons (Fsp3) is 0.225. The van der Waals surface area contributed by atoms with E-state index in [-0.39, 0.29) is 16.2 Å². The number of hydrogen-bond donors (Lipinski definition) is 0. The SMILES string of the molecule is CC1(C)c2cccc3c2N2c4c1cccc4C(C)(C)c1cc(-c4nc5cccnc5n4-c4ccc(C#N)cc4)cc(c12)C3(C)C. The molecule has 2 aromatic heterocycles. The molecule has 0 atom stereocenters. The van der Waals surface area contributed by atoms with E-state index in [1.54, 1.807) is 0 Å². The molecule has 45 heavy (non-hydrogen) atoms. The summed E-state index contributed by atoms with van der Waals surface area (Å²) in [4.78, 5) is 12.6. The number of benzene rings is 4. The second-order valence-electron chi connectivity index (χ2n) is 14.3. The second-order valence-corrected chi connectivity index (χ2v) is 14.3. The van der Waals surface area contributed by atoms with Gasteiger partial charge in [-0.25, -0.2) is 9.97 Å². The second kappa shape index (κ2) is 8.28. The fourth-order valence-corrected chi connectivity index (χ4v) is 8.35. The normalized spacial score (nSPS) is 17.1. The lowest BCUT2D eigenvalue weighted by molar-refractivity contribution is 0.567. The Morgan fingerprint density at radius 2 is 1.13 bits per heavy atom. The summed E-state index contributed by atoms with van der Waals surface area (Å²) in [6.45, 7) is 14.3. The molecule has 5 nitrogen and oxygen atoms in total. The lowest BCUT2D eigenvalue weighted by atomic mass is 9.60. The monoisotopic (exact) mass is 583 g/mol. The number of fused-ring (bicyclic) bond motifs is 1. The molecule has 0 saturated carbocycles. The van der Waals surface area contributed by atoms with E-state index < -0.39 is 0 Å². The molecule has 0 saturated heterocycles. The Morgan fingerprint density at radius 3 is 1.67 bits per heavy atom. The zero-order chi connectivity index (χ0) is 31.0. The van der Waals surface area contributed by atoms with Crippen LogP contribution in [0.3, 0.4) is 0 Å². The Balaban J connectivity index is 1.40. The van der Waals surface area contributed by atoms with Crippen LogP contribution in [-0.2, 0) is 16.2 Å². The van der Waals surface area contributed by atoms with Crippen LogP contribution in [0.5, 0.6) is 0 Å². The molecule has 4 aromatic carbocycles. The van der Waals surface area contributed by atoms with E-state index in [0.717, 1.165) is 28.2 Å². The fourth-order valence-electron chi connectivity index (χ4n) is 8.35. The molecule has 3 aliphatic rings. The molecule has 9 rings (SSSR count). The van der Waals surface area contributed by atoms with Gasteiger partial charge in [0.25, 0.3) is 0 Å². The maximum absolute atomic E-state index is 9.46. The largest absolute Gasteiger partial charge is 0.309 e. The molecule has 0 amide bonds. The highest BCUT2D eigenvalue weighted by atomic mass is 15.2. The molecule has 5 heterocycles. The zero-order valence-electron chi connectivity index (χ0n) is 26.4. The summed E-state index contributed by atoms with van der Waals surface area (Å²) < 4.78 is 2.14. The van der Waals surface area contributed by atoms with Gasteiger partial charge < -0.3 is 4.90 Å². The van der Waals surface area contributed by atoms with Crippen LogP contribution in [0, 0.1) is 11.3 Å².